The molecule has 0 spiro atoms. The molecule has 1 saturated heterocycles. The molecule has 0 aliphatic carbocycles. The first-order valence-electron chi connectivity index (χ1n) is 6.58. The molecule has 2 aromatic rings. The molecular weight excluding hydrogens is 352 g/mol. The van der Waals surface area contributed by atoms with Crippen LogP contribution in [0.1, 0.15) is 11.9 Å². The first-order valence-corrected chi connectivity index (χ1v) is 8.92. The predicted octanol–water partition coefficient (Wildman–Crippen LogP) is 5.27. The van der Waals surface area contributed by atoms with Gasteiger partial charge in [0.2, 0.25) is 0 Å². The number of alkyl halides is 2. The fourth-order valence-electron chi connectivity index (χ4n) is 2.01. The zero-order valence-electron chi connectivity index (χ0n) is 12.3. The fourth-order valence-corrected chi connectivity index (χ4v) is 2.01. The van der Waals surface area contributed by atoms with Gasteiger partial charge < -0.3 is 9.47 Å². The Morgan fingerprint density at radius 1 is 0.810 bits per heavy atom. The molecule has 4 heteroatoms. The summed E-state index contributed by atoms with van der Waals surface area (Å²) in [4.78, 5) is 0. The summed E-state index contributed by atoms with van der Waals surface area (Å²) in [6.07, 6.45) is 1.29. The van der Waals surface area contributed by atoms with Gasteiger partial charge in [0, 0.05) is 11.9 Å². The van der Waals surface area contributed by atoms with Gasteiger partial charge in [-0.2, -0.15) is 0 Å². The van der Waals surface area contributed by atoms with Gasteiger partial charge in [0.1, 0.15) is 0 Å². The van der Waals surface area contributed by atoms with Crippen LogP contribution in [0.2, 0.25) is 0 Å². The minimum absolute atomic E-state index is 0.181. The predicted molar refractivity (Wildman–Crippen MR) is 93.2 cm³/mol. The van der Waals surface area contributed by atoms with Gasteiger partial charge >= 0.3 is 0 Å². The van der Waals surface area contributed by atoms with Gasteiger partial charge in [0.05, 0.1) is 13.2 Å². The molecule has 0 N–H and O–H groups in total. The zero-order chi connectivity index (χ0) is 15.5. The Hall–Kier alpha value is -0.870. The van der Waals surface area contributed by atoms with Crippen LogP contribution < -0.4 is 0 Å². The highest BCUT2D eigenvalue weighted by Crippen LogP contribution is 2.26. The van der Waals surface area contributed by atoms with Crippen LogP contribution in [0.15, 0.2) is 54.6 Å². The van der Waals surface area contributed by atoms with E-state index in [-0.39, 0.29) is 6.29 Å². The van der Waals surface area contributed by atoms with Gasteiger partial charge in [-0.25, -0.2) is 0 Å². The van der Waals surface area contributed by atoms with Crippen molar-refractivity contribution in [2.75, 3.05) is 25.4 Å². The van der Waals surface area contributed by atoms with Crippen molar-refractivity contribution < 1.29 is 9.47 Å². The highest BCUT2D eigenvalue weighted by molar-refractivity contribution is 9.08. The van der Waals surface area contributed by atoms with E-state index < -0.39 is 0 Å². The molecule has 114 valence electrons. The van der Waals surface area contributed by atoms with E-state index in [2.05, 4.69) is 63.9 Å². The smallest absolute Gasteiger partial charge is 0.184 e. The van der Waals surface area contributed by atoms with Crippen molar-refractivity contribution in [2.45, 2.75) is 6.29 Å². The van der Waals surface area contributed by atoms with E-state index in [0.717, 1.165) is 5.56 Å². The Morgan fingerprint density at radius 3 is 1.81 bits per heavy atom. The summed E-state index contributed by atoms with van der Waals surface area (Å²) in [6.45, 7) is 1.37. The molecule has 0 atom stereocenters. The lowest BCUT2D eigenvalue weighted by Gasteiger charge is -2.10. The minimum Gasteiger partial charge on any atom is -0.346 e. The Morgan fingerprint density at radius 2 is 1.29 bits per heavy atom. The molecule has 0 saturated carbocycles. The lowest BCUT2D eigenvalue weighted by atomic mass is 10.0. The van der Waals surface area contributed by atoms with Gasteiger partial charge in [-0.1, -0.05) is 70.5 Å². The molecular formula is C17H20BrClO2. The van der Waals surface area contributed by atoms with E-state index in [1.165, 1.54) is 17.5 Å². The highest BCUT2D eigenvalue weighted by Gasteiger charge is 2.17. The monoisotopic (exact) mass is 370 g/mol. The van der Waals surface area contributed by atoms with Crippen LogP contribution in [0.4, 0.5) is 0 Å². The number of benzene rings is 2. The maximum absolute atomic E-state index is 5.46. The van der Waals surface area contributed by atoms with Gasteiger partial charge in [-0.15, -0.1) is 11.6 Å². The second-order valence-electron chi connectivity index (χ2n) is 4.06. The van der Waals surface area contributed by atoms with Crippen LogP contribution in [0.5, 0.6) is 0 Å². The summed E-state index contributed by atoms with van der Waals surface area (Å²) in [5, 5.41) is 0. The van der Waals surface area contributed by atoms with Gasteiger partial charge in [-0.05, 0) is 17.0 Å². The third kappa shape index (κ3) is 5.44. The summed E-state index contributed by atoms with van der Waals surface area (Å²) in [5.41, 5.74) is 3.53. The maximum Gasteiger partial charge on any atom is 0.184 e. The summed E-state index contributed by atoms with van der Waals surface area (Å²) in [6, 6.07) is 18.7. The van der Waals surface area contributed by atoms with Crippen molar-refractivity contribution >= 4 is 27.5 Å². The molecule has 21 heavy (non-hydrogen) atoms. The minimum atomic E-state index is -0.181. The molecule has 0 radical (unpaired) electrons. The molecule has 0 aromatic heterocycles. The molecule has 1 heterocycles. The summed E-state index contributed by atoms with van der Waals surface area (Å²) in [7, 11) is 0. The van der Waals surface area contributed by atoms with Gasteiger partial charge in [-0.3, -0.25) is 0 Å². The summed E-state index contributed by atoms with van der Waals surface area (Å²) >= 11 is 7.58. The third-order valence-electron chi connectivity index (χ3n) is 2.91. The summed E-state index contributed by atoms with van der Waals surface area (Å²) in [5.74, 6) is 1.81. The van der Waals surface area contributed by atoms with Crippen molar-refractivity contribution in [1.29, 1.82) is 0 Å². The number of ether oxygens (including phenoxy) is 2. The average molecular weight is 372 g/mol. The quantitative estimate of drug-likeness (QED) is 0.670. The van der Waals surface area contributed by atoms with E-state index in [0.29, 0.717) is 13.2 Å². The highest BCUT2D eigenvalue weighted by atomic mass is 79.9. The van der Waals surface area contributed by atoms with E-state index in [4.69, 9.17) is 9.47 Å². The average Bonchev–Trinajstić information content (AvgIpc) is 3.14. The van der Waals surface area contributed by atoms with Gasteiger partial charge in [0.15, 0.2) is 6.29 Å². The van der Waals surface area contributed by atoms with Crippen molar-refractivity contribution in [3.8, 4) is 11.1 Å². The molecule has 0 unspecified atom stereocenters. The molecule has 3 rings (SSSR count). The third-order valence-corrected chi connectivity index (χ3v) is 2.91. The molecule has 0 bridgehead atoms. The zero-order valence-corrected chi connectivity index (χ0v) is 14.6. The lowest BCUT2D eigenvalue weighted by molar-refractivity contribution is -0.0441. The van der Waals surface area contributed by atoms with E-state index in [1.54, 1.807) is 0 Å². The molecule has 2 aromatic carbocycles. The van der Waals surface area contributed by atoms with Crippen LogP contribution in [0, 0.1) is 0 Å². The van der Waals surface area contributed by atoms with Crippen LogP contribution in [0.25, 0.3) is 11.1 Å². The van der Waals surface area contributed by atoms with Crippen LogP contribution in [-0.2, 0) is 9.47 Å². The SMILES string of the molecule is CBr.CCl.c1ccc(-c2ccc(C3OCCO3)cc2)cc1. The molecule has 2 nitrogen and oxygen atoms in total. The first-order chi connectivity index (χ1) is 10.4. The van der Waals surface area contributed by atoms with E-state index >= 15 is 0 Å². The Labute approximate surface area is 140 Å². The normalized spacial score (nSPS) is 13.7. The molecule has 1 aliphatic heterocycles. The number of halogens is 2. The number of hydrogen-bond donors (Lipinski definition) is 0. The van der Waals surface area contributed by atoms with Crippen molar-refractivity contribution in [3.05, 3.63) is 60.2 Å². The second-order valence-corrected chi connectivity index (χ2v) is 4.06. The van der Waals surface area contributed by atoms with Crippen molar-refractivity contribution in [1.82, 2.24) is 0 Å². The lowest BCUT2D eigenvalue weighted by Crippen LogP contribution is -1.97. The second kappa shape index (κ2) is 10.8. The van der Waals surface area contributed by atoms with E-state index in [9.17, 15) is 0 Å². The first kappa shape index (κ1) is 18.2. The van der Waals surface area contributed by atoms with E-state index in [1.807, 2.05) is 24.0 Å². The topological polar surface area (TPSA) is 18.5 Å². The number of hydrogen-bond acceptors (Lipinski definition) is 2. The molecule has 1 aliphatic rings. The van der Waals surface area contributed by atoms with Gasteiger partial charge in [0.25, 0.3) is 0 Å². The van der Waals surface area contributed by atoms with Crippen LogP contribution in [0.3, 0.4) is 0 Å². The standard InChI is InChI=1S/C15H14O2.CH3Br.CH3Cl/c1-2-4-12(5-3-1)13-6-8-14(9-7-13)15-16-10-11-17-15;2*1-2/h1-9,15H,10-11H2;2*1H3. The van der Waals surface area contributed by atoms with Crippen molar-refractivity contribution in [2.24, 2.45) is 0 Å². The summed E-state index contributed by atoms with van der Waals surface area (Å²) < 4.78 is 10.9. The van der Waals surface area contributed by atoms with Crippen molar-refractivity contribution in [3.63, 3.8) is 0 Å². The Balaban J connectivity index is 0.000000510. The number of rotatable bonds is 2. The largest absolute Gasteiger partial charge is 0.346 e. The Bertz CT molecular complexity index is 482. The molecule has 0 amide bonds. The molecule has 1 fully saturated rings. The van der Waals surface area contributed by atoms with Crippen LogP contribution >= 0.6 is 27.5 Å². The fraction of sp³-hybridized carbons (Fsp3) is 0.294. The van der Waals surface area contributed by atoms with Crippen LogP contribution in [-0.4, -0.2) is 25.4 Å². The Kier molecular flexibility index (Phi) is 9.35. The maximum atomic E-state index is 5.46.